The van der Waals surface area contributed by atoms with Crippen LogP contribution in [-0.4, -0.2) is 25.8 Å². The second-order valence-electron chi connectivity index (χ2n) is 4.67. The minimum atomic E-state index is -0.973. The summed E-state index contributed by atoms with van der Waals surface area (Å²) in [6, 6.07) is 1.60. The van der Waals surface area contributed by atoms with Crippen LogP contribution in [0.1, 0.15) is 35.6 Å². The van der Waals surface area contributed by atoms with Gasteiger partial charge in [0.05, 0.1) is 5.92 Å². The molecule has 0 amide bonds. The van der Waals surface area contributed by atoms with E-state index in [4.69, 9.17) is 9.63 Å². The Bertz CT molecular complexity index is 730. The van der Waals surface area contributed by atoms with E-state index in [1.54, 1.807) is 33.8 Å². The molecule has 2 aromatic heterocycles. The monoisotopic (exact) mass is 277 g/mol. The molecule has 0 saturated heterocycles. The van der Waals surface area contributed by atoms with Crippen LogP contribution in [0, 0.1) is 20.8 Å². The van der Waals surface area contributed by atoms with Crippen molar-refractivity contribution in [1.29, 1.82) is 0 Å². The van der Waals surface area contributed by atoms with Crippen LogP contribution in [0.4, 0.5) is 0 Å². The highest BCUT2D eigenvalue weighted by molar-refractivity contribution is 5.76. The van der Waals surface area contributed by atoms with Gasteiger partial charge in [-0.05, 0) is 27.7 Å². The normalized spacial score (nSPS) is 12.4. The molecule has 2 aromatic rings. The molecule has 0 aliphatic heterocycles. The maximum Gasteiger partial charge on any atom is 0.353 e. The van der Waals surface area contributed by atoms with E-state index in [2.05, 4.69) is 10.1 Å². The van der Waals surface area contributed by atoms with E-state index in [-0.39, 0.29) is 0 Å². The van der Waals surface area contributed by atoms with Gasteiger partial charge >= 0.3 is 11.7 Å². The Hall–Kier alpha value is -2.44. The number of aliphatic carboxylic acids is 1. The van der Waals surface area contributed by atoms with Gasteiger partial charge in [-0.2, -0.15) is 4.98 Å². The van der Waals surface area contributed by atoms with Gasteiger partial charge in [0.2, 0.25) is 0 Å². The van der Waals surface area contributed by atoms with Crippen molar-refractivity contribution in [1.82, 2.24) is 14.7 Å². The van der Waals surface area contributed by atoms with Gasteiger partial charge in [-0.1, -0.05) is 5.16 Å². The first kappa shape index (κ1) is 14.0. The molecule has 7 nitrogen and oxygen atoms in total. The number of rotatable bonds is 3. The van der Waals surface area contributed by atoms with Crippen molar-refractivity contribution < 1.29 is 14.4 Å². The van der Waals surface area contributed by atoms with E-state index >= 15 is 0 Å². The van der Waals surface area contributed by atoms with Crippen LogP contribution in [0.3, 0.4) is 0 Å². The molecule has 1 atom stereocenters. The molecule has 7 heteroatoms. The first-order chi connectivity index (χ1) is 9.32. The quantitative estimate of drug-likeness (QED) is 0.908. The van der Waals surface area contributed by atoms with Crippen molar-refractivity contribution >= 4 is 5.97 Å². The summed E-state index contributed by atoms with van der Waals surface area (Å²) < 4.78 is 6.22. The van der Waals surface area contributed by atoms with E-state index in [9.17, 15) is 9.59 Å². The minimum Gasteiger partial charge on any atom is -0.481 e. The summed E-state index contributed by atoms with van der Waals surface area (Å²) in [7, 11) is 0. The molecule has 106 valence electrons. The molecule has 0 bridgehead atoms. The van der Waals surface area contributed by atoms with Crippen LogP contribution >= 0.6 is 0 Å². The highest BCUT2D eigenvalue weighted by Gasteiger charge is 2.23. The Morgan fingerprint density at radius 2 is 2.05 bits per heavy atom. The molecule has 0 aliphatic rings. The average Bonchev–Trinajstić information content (AvgIpc) is 2.74. The number of hydrogen-bond acceptors (Lipinski definition) is 5. The summed E-state index contributed by atoms with van der Waals surface area (Å²) in [6.45, 7) is 6.57. The van der Waals surface area contributed by atoms with Crippen molar-refractivity contribution in [3.05, 3.63) is 39.3 Å². The highest BCUT2D eigenvalue weighted by Crippen LogP contribution is 2.22. The van der Waals surface area contributed by atoms with Gasteiger partial charge in [-0.3, -0.25) is 4.79 Å². The summed E-state index contributed by atoms with van der Waals surface area (Å²) in [5.41, 5.74) is 0.928. The van der Waals surface area contributed by atoms with Crippen LogP contribution in [0.2, 0.25) is 0 Å². The van der Waals surface area contributed by atoms with Crippen LogP contribution in [0.25, 0.3) is 5.82 Å². The minimum absolute atomic E-state index is 0.302. The van der Waals surface area contributed by atoms with Crippen molar-refractivity contribution in [2.24, 2.45) is 0 Å². The molecule has 1 unspecified atom stereocenters. The van der Waals surface area contributed by atoms with Gasteiger partial charge in [0.15, 0.2) is 5.82 Å². The molecule has 0 saturated carbocycles. The predicted octanol–water partition coefficient (Wildman–Crippen LogP) is 1.33. The second-order valence-corrected chi connectivity index (χ2v) is 4.67. The highest BCUT2D eigenvalue weighted by atomic mass is 16.5. The van der Waals surface area contributed by atoms with Crippen LogP contribution in [0.5, 0.6) is 0 Å². The maximum atomic E-state index is 12.0. The van der Waals surface area contributed by atoms with E-state index < -0.39 is 17.6 Å². The Balaban J connectivity index is 2.74. The van der Waals surface area contributed by atoms with E-state index in [0.717, 1.165) is 0 Å². The first-order valence-electron chi connectivity index (χ1n) is 6.09. The number of aromatic nitrogens is 3. The SMILES string of the molecule is Cc1cc(-n2c(C)c(C(C)C(=O)O)c(C)nc2=O)no1. The van der Waals surface area contributed by atoms with Crippen molar-refractivity contribution in [3.8, 4) is 5.82 Å². The molecule has 0 aliphatic carbocycles. The van der Waals surface area contributed by atoms with E-state index in [1.165, 1.54) is 4.57 Å². The van der Waals surface area contributed by atoms with Crippen molar-refractivity contribution in [2.75, 3.05) is 0 Å². The molecule has 0 radical (unpaired) electrons. The summed E-state index contributed by atoms with van der Waals surface area (Å²) in [5.74, 6) is -0.877. The summed E-state index contributed by atoms with van der Waals surface area (Å²) in [4.78, 5) is 27.1. The topological polar surface area (TPSA) is 98.2 Å². The lowest BCUT2D eigenvalue weighted by Crippen LogP contribution is -2.28. The maximum absolute atomic E-state index is 12.0. The Kier molecular flexibility index (Phi) is 3.44. The van der Waals surface area contributed by atoms with Crippen LogP contribution in [0.15, 0.2) is 15.4 Å². The van der Waals surface area contributed by atoms with E-state index in [1.807, 2.05) is 0 Å². The fourth-order valence-electron chi connectivity index (χ4n) is 2.26. The fourth-order valence-corrected chi connectivity index (χ4v) is 2.26. The van der Waals surface area contributed by atoms with Crippen molar-refractivity contribution in [2.45, 2.75) is 33.6 Å². The Morgan fingerprint density at radius 1 is 1.40 bits per heavy atom. The molecular formula is C13H15N3O4. The number of carboxylic acid groups (broad SMARTS) is 1. The number of carboxylic acids is 1. The van der Waals surface area contributed by atoms with Crippen LogP contribution in [-0.2, 0) is 4.79 Å². The number of aryl methyl sites for hydroxylation is 2. The van der Waals surface area contributed by atoms with E-state index in [0.29, 0.717) is 28.5 Å². The Labute approximate surface area is 114 Å². The molecule has 2 rings (SSSR count). The summed E-state index contributed by atoms with van der Waals surface area (Å²) in [5, 5.41) is 13.0. The zero-order chi connectivity index (χ0) is 15.0. The lowest BCUT2D eigenvalue weighted by Gasteiger charge is -2.16. The molecular weight excluding hydrogens is 262 g/mol. The zero-order valence-electron chi connectivity index (χ0n) is 11.7. The molecule has 0 fully saturated rings. The third-order valence-corrected chi connectivity index (χ3v) is 3.22. The standard InChI is InChI=1S/C13H15N3O4/c1-6-5-10(15-20-6)16-9(4)11(7(2)12(17)18)8(3)14-13(16)19/h5,7H,1-4H3,(H,17,18). The smallest absolute Gasteiger partial charge is 0.353 e. The van der Waals surface area contributed by atoms with Gasteiger partial charge in [0.1, 0.15) is 5.76 Å². The number of hydrogen-bond donors (Lipinski definition) is 1. The lowest BCUT2D eigenvalue weighted by atomic mass is 9.98. The first-order valence-corrected chi connectivity index (χ1v) is 6.09. The molecule has 1 N–H and O–H groups in total. The molecule has 0 aromatic carbocycles. The fraction of sp³-hybridized carbons (Fsp3) is 0.385. The van der Waals surface area contributed by atoms with Gasteiger partial charge in [0, 0.05) is 23.0 Å². The summed E-state index contributed by atoms with van der Waals surface area (Å²) >= 11 is 0. The van der Waals surface area contributed by atoms with Gasteiger partial charge in [0.25, 0.3) is 0 Å². The molecule has 20 heavy (non-hydrogen) atoms. The van der Waals surface area contributed by atoms with Gasteiger partial charge in [-0.15, -0.1) is 0 Å². The molecule has 0 spiro atoms. The van der Waals surface area contributed by atoms with Crippen LogP contribution < -0.4 is 5.69 Å². The van der Waals surface area contributed by atoms with Gasteiger partial charge < -0.3 is 9.63 Å². The summed E-state index contributed by atoms with van der Waals surface area (Å²) in [6.07, 6.45) is 0. The molecule has 2 heterocycles. The number of carbonyl (C=O) groups is 1. The zero-order valence-corrected chi connectivity index (χ0v) is 11.7. The second kappa shape index (κ2) is 4.92. The third kappa shape index (κ3) is 2.22. The lowest BCUT2D eigenvalue weighted by molar-refractivity contribution is -0.138. The predicted molar refractivity (Wildman–Crippen MR) is 70.2 cm³/mol. The van der Waals surface area contributed by atoms with Crippen molar-refractivity contribution in [3.63, 3.8) is 0 Å². The van der Waals surface area contributed by atoms with Gasteiger partial charge in [-0.25, -0.2) is 9.36 Å². The largest absolute Gasteiger partial charge is 0.481 e. The average molecular weight is 277 g/mol. The third-order valence-electron chi connectivity index (χ3n) is 3.22. The number of nitrogens with zero attached hydrogens (tertiary/aromatic N) is 3. The Morgan fingerprint density at radius 3 is 2.55 bits per heavy atom.